The van der Waals surface area contributed by atoms with Gasteiger partial charge in [0.25, 0.3) is 0 Å². The van der Waals surface area contributed by atoms with Crippen molar-refractivity contribution in [1.29, 1.82) is 0 Å². The van der Waals surface area contributed by atoms with E-state index < -0.39 is 0 Å². The number of aryl methyl sites for hydroxylation is 1. The van der Waals surface area contributed by atoms with Crippen LogP contribution in [0.25, 0.3) is 0 Å². The minimum Gasteiger partial charge on any atom is -0.320 e. The highest BCUT2D eigenvalue weighted by molar-refractivity contribution is 5.05. The molecule has 0 saturated carbocycles. The highest BCUT2D eigenvalue weighted by Gasteiger charge is 2.13. The minimum absolute atomic E-state index is 0.0296. The molecule has 18 heavy (non-hydrogen) atoms. The zero-order valence-electron chi connectivity index (χ0n) is 11.4. The Balaban J connectivity index is 1.88. The number of hydrogen-bond donors (Lipinski definition) is 1. The lowest BCUT2D eigenvalue weighted by molar-refractivity contribution is 0.355. The lowest BCUT2D eigenvalue weighted by atomic mass is 10.1. The Kier molecular flexibility index (Phi) is 3.47. The van der Waals surface area contributed by atoms with E-state index in [0.717, 1.165) is 12.4 Å². The normalized spacial score (nSPS) is 12.0. The first kappa shape index (κ1) is 12.8. The van der Waals surface area contributed by atoms with Gasteiger partial charge in [0.05, 0.1) is 18.3 Å². The van der Waals surface area contributed by atoms with E-state index in [1.54, 1.807) is 6.33 Å². The molecule has 0 atom stereocenters. The quantitative estimate of drug-likeness (QED) is 0.878. The molecule has 0 aliphatic heterocycles. The molecule has 0 spiro atoms. The van der Waals surface area contributed by atoms with E-state index in [2.05, 4.69) is 47.6 Å². The first-order valence-electron chi connectivity index (χ1n) is 6.04. The van der Waals surface area contributed by atoms with Crippen molar-refractivity contribution in [3.63, 3.8) is 0 Å². The fraction of sp³-hybridized carbons (Fsp3) is 0.583. The summed E-state index contributed by atoms with van der Waals surface area (Å²) in [4.78, 5) is 0. The highest BCUT2D eigenvalue weighted by atomic mass is 15.3. The molecule has 0 bridgehead atoms. The average Bonchev–Trinajstić information content (AvgIpc) is 2.88. The summed E-state index contributed by atoms with van der Waals surface area (Å²) < 4.78 is 3.89. The molecule has 1 N–H and O–H groups in total. The molecule has 98 valence electrons. The maximum Gasteiger partial charge on any atom is 0.146 e. The maximum atomic E-state index is 4.36. The van der Waals surface area contributed by atoms with Crippen LogP contribution >= 0.6 is 0 Å². The lowest BCUT2D eigenvalue weighted by Gasteiger charge is -2.18. The van der Waals surface area contributed by atoms with Crippen LogP contribution in [0.2, 0.25) is 0 Å². The SMILES string of the molecule is Cn1cnnc1CNCc1cnn(C(C)(C)C)c1. The third-order valence-electron chi connectivity index (χ3n) is 2.74. The van der Waals surface area contributed by atoms with Crippen LogP contribution in [0, 0.1) is 0 Å². The predicted octanol–water partition coefficient (Wildman–Crippen LogP) is 1.06. The number of nitrogens with one attached hydrogen (secondary N) is 1. The zero-order valence-corrected chi connectivity index (χ0v) is 11.4. The molecule has 0 saturated heterocycles. The van der Waals surface area contributed by atoms with E-state index in [-0.39, 0.29) is 5.54 Å². The van der Waals surface area contributed by atoms with Gasteiger partial charge in [-0.3, -0.25) is 4.68 Å². The van der Waals surface area contributed by atoms with E-state index in [0.29, 0.717) is 6.54 Å². The number of nitrogens with zero attached hydrogens (tertiary/aromatic N) is 5. The summed E-state index contributed by atoms with van der Waals surface area (Å²) in [5, 5.41) is 15.6. The van der Waals surface area contributed by atoms with Gasteiger partial charge in [-0.25, -0.2) is 0 Å². The van der Waals surface area contributed by atoms with Gasteiger partial charge in [0, 0.05) is 25.4 Å². The topological polar surface area (TPSA) is 60.6 Å². The Labute approximate surface area is 107 Å². The number of hydrogen-bond acceptors (Lipinski definition) is 4. The van der Waals surface area contributed by atoms with Crippen molar-refractivity contribution in [2.75, 3.05) is 0 Å². The summed E-state index contributed by atoms with van der Waals surface area (Å²) in [6.07, 6.45) is 5.67. The summed E-state index contributed by atoms with van der Waals surface area (Å²) in [5.41, 5.74) is 1.20. The molecule has 0 unspecified atom stereocenters. The third-order valence-corrected chi connectivity index (χ3v) is 2.74. The van der Waals surface area contributed by atoms with Gasteiger partial charge >= 0.3 is 0 Å². The fourth-order valence-electron chi connectivity index (χ4n) is 1.60. The van der Waals surface area contributed by atoms with Crippen LogP contribution in [0.3, 0.4) is 0 Å². The van der Waals surface area contributed by atoms with Crippen molar-refractivity contribution in [2.24, 2.45) is 7.05 Å². The standard InChI is InChI=1S/C12H20N6/c1-12(2,3)18-8-10(6-15-18)5-13-7-11-16-14-9-17(11)4/h6,8-9,13H,5,7H2,1-4H3. The van der Waals surface area contributed by atoms with Crippen LogP contribution in [-0.4, -0.2) is 24.5 Å². The molecule has 0 radical (unpaired) electrons. The average molecular weight is 248 g/mol. The summed E-state index contributed by atoms with van der Waals surface area (Å²) in [7, 11) is 1.94. The predicted molar refractivity (Wildman–Crippen MR) is 68.8 cm³/mol. The van der Waals surface area contributed by atoms with Gasteiger partial charge < -0.3 is 9.88 Å². The molecule has 2 aromatic rings. The number of aromatic nitrogens is 5. The van der Waals surface area contributed by atoms with Gasteiger partial charge in [-0.05, 0) is 20.8 Å². The lowest BCUT2D eigenvalue weighted by Crippen LogP contribution is -2.22. The molecule has 6 nitrogen and oxygen atoms in total. The van der Waals surface area contributed by atoms with Crippen LogP contribution < -0.4 is 5.32 Å². The summed E-state index contributed by atoms with van der Waals surface area (Å²) in [6.45, 7) is 7.89. The van der Waals surface area contributed by atoms with Gasteiger partial charge in [0.15, 0.2) is 0 Å². The van der Waals surface area contributed by atoms with Crippen molar-refractivity contribution >= 4 is 0 Å². The summed E-state index contributed by atoms with van der Waals surface area (Å²) >= 11 is 0. The molecule has 0 amide bonds. The van der Waals surface area contributed by atoms with Crippen LogP contribution in [0.1, 0.15) is 32.2 Å². The van der Waals surface area contributed by atoms with E-state index >= 15 is 0 Å². The molecule has 2 heterocycles. The molecule has 0 aliphatic rings. The maximum absolute atomic E-state index is 4.36. The van der Waals surface area contributed by atoms with Crippen LogP contribution in [0.15, 0.2) is 18.7 Å². The Morgan fingerprint density at radius 3 is 2.61 bits per heavy atom. The monoisotopic (exact) mass is 248 g/mol. The highest BCUT2D eigenvalue weighted by Crippen LogP contribution is 2.12. The molecule has 0 aromatic carbocycles. The van der Waals surface area contributed by atoms with Crippen LogP contribution in [0.5, 0.6) is 0 Å². The van der Waals surface area contributed by atoms with Crippen molar-refractivity contribution < 1.29 is 0 Å². The third kappa shape index (κ3) is 2.95. The first-order chi connectivity index (χ1) is 8.47. The Morgan fingerprint density at radius 2 is 2.06 bits per heavy atom. The van der Waals surface area contributed by atoms with Gasteiger partial charge in [-0.1, -0.05) is 0 Å². The van der Waals surface area contributed by atoms with E-state index in [4.69, 9.17) is 0 Å². The van der Waals surface area contributed by atoms with Crippen molar-refractivity contribution in [3.05, 3.63) is 30.1 Å². The van der Waals surface area contributed by atoms with E-state index in [1.807, 2.05) is 22.5 Å². The molecular formula is C12H20N6. The van der Waals surface area contributed by atoms with Crippen molar-refractivity contribution in [3.8, 4) is 0 Å². The summed E-state index contributed by atoms with van der Waals surface area (Å²) in [6, 6.07) is 0. The Morgan fingerprint density at radius 1 is 1.28 bits per heavy atom. The Bertz CT molecular complexity index is 505. The molecular weight excluding hydrogens is 228 g/mol. The molecule has 2 aromatic heterocycles. The van der Waals surface area contributed by atoms with Gasteiger partial charge in [-0.2, -0.15) is 5.10 Å². The van der Waals surface area contributed by atoms with Gasteiger partial charge in [0.1, 0.15) is 12.2 Å². The second kappa shape index (κ2) is 4.89. The second-order valence-electron chi connectivity index (χ2n) is 5.43. The molecule has 0 fully saturated rings. The fourth-order valence-corrected chi connectivity index (χ4v) is 1.60. The molecule has 2 rings (SSSR count). The second-order valence-corrected chi connectivity index (χ2v) is 5.43. The smallest absolute Gasteiger partial charge is 0.146 e. The zero-order chi connectivity index (χ0) is 13.2. The largest absolute Gasteiger partial charge is 0.320 e. The van der Waals surface area contributed by atoms with Crippen molar-refractivity contribution in [2.45, 2.75) is 39.4 Å². The van der Waals surface area contributed by atoms with Gasteiger partial charge in [-0.15, -0.1) is 10.2 Å². The minimum atomic E-state index is 0.0296. The first-order valence-corrected chi connectivity index (χ1v) is 6.04. The van der Waals surface area contributed by atoms with Gasteiger partial charge in [0.2, 0.25) is 0 Å². The molecule has 0 aliphatic carbocycles. The summed E-state index contributed by atoms with van der Waals surface area (Å²) in [5.74, 6) is 0.929. The van der Waals surface area contributed by atoms with E-state index in [9.17, 15) is 0 Å². The number of rotatable bonds is 4. The molecule has 6 heteroatoms. The van der Waals surface area contributed by atoms with Crippen LogP contribution in [-0.2, 0) is 25.7 Å². The van der Waals surface area contributed by atoms with Crippen molar-refractivity contribution in [1.82, 2.24) is 29.9 Å². The van der Waals surface area contributed by atoms with E-state index in [1.165, 1.54) is 5.56 Å². The van der Waals surface area contributed by atoms with Crippen LogP contribution in [0.4, 0.5) is 0 Å². The Hall–Kier alpha value is -1.69.